The van der Waals surface area contributed by atoms with Gasteiger partial charge in [-0.2, -0.15) is 0 Å². The molecule has 1 saturated heterocycles. The van der Waals surface area contributed by atoms with E-state index in [1.165, 1.54) is 0 Å². The summed E-state index contributed by atoms with van der Waals surface area (Å²) in [4.78, 5) is 6.45. The van der Waals surface area contributed by atoms with Crippen molar-refractivity contribution in [1.82, 2.24) is 14.6 Å². The second-order valence-corrected chi connectivity index (χ2v) is 10.2. The van der Waals surface area contributed by atoms with Gasteiger partial charge < -0.3 is 4.42 Å². The number of nitrogens with zero attached hydrogens (tertiary/aromatic N) is 2. The number of hydrogen-bond acceptors (Lipinski definition) is 5. The molecule has 1 unspecified atom stereocenters. The Morgan fingerprint density at radius 2 is 1.91 bits per heavy atom. The van der Waals surface area contributed by atoms with Crippen LogP contribution in [0.25, 0.3) is 21.7 Å². The molecule has 0 spiro atoms. The van der Waals surface area contributed by atoms with Gasteiger partial charge in [-0.3, -0.25) is 9.88 Å². The molecule has 172 valence electrons. The zero-order valence-corrected chi connectivity index (χ0v) is 19.0. The van der Waals surface area contributed by atoms with Crippen molar-refractivity contribution in [2.24, 2.45) is 0 Å². The first kappa shape index (κ1) is 22.0. The third kappa shape index (κ3) is 4.51. The molecule has 1 aliphatic rings. The third-order valence-corrected chi connectivity index (χ3v) is 8.07. The van der Waals surface area contributed by atoms with Gasteiger partial charge in [-0.15, -0.1) is 0 Å². The Morgan fingerprint density at radius 3 is 2.73 bits per heavy atom. The summed E-state index contributed by atoms with van der Waals surface area (Å²) in [6.45, 7) is 0.813. The molecule has 0 saturated carbocycles. The van der Waals surface area contributed by atoms with E-state index in [1.807, 2.05) is 30.3 Å². The van der Waals surface area contributed by atoms with Crippen LogP contribution in [-0.4, -0.2) is 50.1 Å². The van der Waals surface area contributed by atoms with Crippen LogP contribution in [-0.2, 0) is 16.4 Å². The van der Waals surface area contributed by atoms with Gasteiger partial charge in [-0.05, 0) is 43.0 Å². The highest BCUT2D eigenvalue weighted by molar-refractivity contribution is 7.89. The SMILES string of the molecule is O=S(=O)(NC1CCN(C(CF)Cc2coc3ccccc23)CC1)c1cccc2cnccc12. The Kier molecular flexibility index (Phi) is 6.14. The van der Waals surface area contributed by atoms with Gasteiger partial charge in [0.15, 0.2) is 0 Å². The molecule has 2 aromatic heterocycles. The number of nitrogens with one attached hydrogen (secondary N) is 1. The number of halogens is 1. The zero-order chi connectivity index (χ0) is 22.8. The van der Waals surface area contributed by atoms with Crippen LogP contribution in [0.5, 0.6) is 0 Å². The number of hydrogen-bond donors (Lipinski definition) is 1. The average molecular weight is 468 g/mol. The van der Waals surface area contributed by atoms with E-state index < -0.39 is 16.7 Å². The minimum absolute atomic E-state index is 0.182. The number of benzene rings is 2. The molecule has 5 rings (SSSR count). The number of alkyl halides is 1. The van der Waals surface area contributed by atoms with Crippen LogP contribution in [0.2, 0.25) is 0 Å². The number of likely N-dealkylation sites (tertiary alicyclic amines) is 1. The zero-order valence-electron chi connectivity index (χ0n) is 18.2. The summed E-state index contributed by atoms with van der Waals surface area (Å²) < 4.78 is 48.7. The molecule has 33 heavy (non-hydrogen) atoms. The summed E-state index contributed by atoms with van der Waals surface area (Å²) in [5.74, 6) is 0. The van der Waals surface area contributed by atoms with E-state index in [1.54, 1.807) is 36.9 Å². The molecule has 1 atom stereocenters. The molecular formula is C25H26FN3O3S. The van der Waals surface area contributed by atoms with Crippen LogP contribution >= 0.6 is 0 Å². The summed E-state index contributed by atoms with van der Waals surface area (Å²) in [5, 5.41) is 2.46. The third-order valence-electron chi connectivity index (χ3n) is 6.49. The van der Waals surface area contributed by atoms with Crippen molar-refractivity contribution in [2.75, 3.05) is 19.8 Å². The Bertz CT molecular complexity index is 1360. The standard InChI is InChI=1S/C25H26FN3O3S/c26-15-21(14-19-17-32-24-6-2-1-5-22(19)24)29-12-9-20(10-13-29)28-33(30,31)25-7-3-4-18-16-27-11-8-23(18)25/h1-8,11,16-17,20-21,28H,9-10,12-15H2. The van der Waals surface area contributed by atoms with Crippen LogP contribution in [0, 0.1) is 0 Å². The summed E-state index contributed by atoms with van der Waals surface area (Å²) in [6.07, 6.45) is 6.80. The first-order valence-electron chi connectivity index (χ1n) is 11.2. The molecule has 4 aromatic rings. The van der Waals surface area contributed by atoms with Gasteiger partial charge in [0.25, 0.3) is 0 Å². The lowest BCUT2D eigenvalue weighted by atomic mass is 10.00. The molecule has 2 aromatic carbocycles. The number of piperidine rings is 1. The molecule has 1 fully saturated rings. The Balaban J connectivity index is 1.24. The molecule has 0 bridgehead atoms. The molecule has 8 heteroatoms. The van der Waals surface area contributed by atoms with Gasteiger partial charge in [0.1, 0.15) is 12.3 Å². The molecule has 0 amide bonds. The fourth-order valence-corrected chi connectivity index (χ4v) is 6.25. The fourth-order valence-electron chi connectivity index (χ4n) is 4.72. The van der Waals surface area contributed by atoms with Gasteiger partial charge in [0.05, 0.1) is 11.2 Å². The maximum atomic E-state index is 14.0. The second-order valence-electron chi connectivity index (χ2n) is 8.55. The predicted octanol–water partition coefficient (Wildman–Crippen LogP) is 4.30. The molecule has 1 N–H and O–H groups in total. The van der Waals surface area contributed by atoms with E-state index in [-0.39, 0.29) is 17.0 Å². The number of fused-ring (bicyclic) bond motifs is 2. The number of para-hydroxylation sites is 1. The van der Waals surface area contributed by atoms with Crippen LogP contribution in [0.4, 0.5) is 4.39 Å². The van der Waals surface area contributed by atoms with Crippen LogP contribution in [0.1, 0.15) is 18.4 Å². The van der Waals surface area contributed by atoms with E-state index in [0.29, 0.717) is 37.7 Å². The monoisotopic (exact) mass is 467 g/mol. The first-order chi connectivity index (χ1) is 16.0. The van der Waals surface area contributed by atoms with E-state index in [9.17, 15) is 12.8 Å². The van der Waals surface area contributed by atoms with Crippen molar-refractivity contribution >= 4 is 31.8 Å². The number of pyridine rings is 1. The topological polar surface area (TPSA) is 75.4 Å². The average Bonchev–Trinajstić information content (AvgIpc) is 3.25. The van der Waals surface area contributed by atoms with Crippen molar-refractivity contribution < 1.29 is 17.2 Å². The van der Waals surface area contributed by atoms with Gasteiger partial charge >= 0.3 is 0 Å². The van der Waals surface area contributed by atoms with E-state index in [2.05, 4.69) is 14.6 Å². The quantitative estimate of drug-likeness (QED) is 0.439. The summed E-state index contributed by atoms with van der Waals surface area (Å²) in [6, 6.07) is 14.3. The van der Waals surface area contributed by atoms with Crippen molar-refractivity contribution in [3.63, 3.8) is 0 Å². The number of rotatable bonds is 7. The largest absolute Gasteiger partial charge is 0.464 e. The van der Waals surface area contributed by atoms with E-state index in [4.69, 9.17) is 4.42 Å². The van der Waals surface area contributed by atoms with Crippen LogP contribution in [0.15, 0.2) is 76.5 Å². The van der Waals surface area contributed by atoms with Gasteiger partial charge in [-0.1, -0.05) is 30.3 Å². The number of aromatic nitrogens is 1. The van der Waals surface area contributed by atoms with Crippen LogP contribution in [0.3, 0.4) is 0 Å². The number of sulfonamides is 1. The number of furan rings is 1. The first-order valence-corrected chi connectivity index (χ1v) is 12.6. The highest BCUT2D eigenvalue weighted by Gasteiger charge is 2.29. The molecule has 3 heterocycles. The second kappa shape index (κ2) is 9.21. The van der Waals surface area contributed by atoms with Gasteiger partial charge in [0.2, 0.25) is 10.0 Å². The highest BCUT2D eigenvalue weighted by atomic mass is 32.2. The van der Waals surface area contributed by atoms with Crippen molar-refractivity contribution in [3.05, 3.63) is 72.8 Å². The lowest BCUT2D eigenvalue weighted by molar-refractivity contribution is 0.127. The Hall–Kier alpha value is -2.81. The fraction of sp³-hybridized carbons (Fsp3) is 0.320. The molecule has 1 aliphatic heterocycles. The van der Waals surface area contributed by atoms with E-state index >= 15 is 0 Å². The molecule has 0 radical (unpaired) electrons. The Labute approximate surface area is 192 Å². The van der Waals surface area contributed by atoms with Crippen molar-refractivity contribution in [1.29, 1.82) is 0 Å². The van der Waals surface area contributed by atoms with Crippen molar-refractivity contribution in [3.8, 4) is 0 Å². The predicted molar refractivity (Wildman–Crippen MR) is 126 cm³/mol. The van der Waals surface area contributed by atoms with Crippen LogP contribution < -0.4 is 4.72 Å². The minimum Gasteiger partial charge on any atom is -0.464 e. The molecule has 0 aliphatic carbocycles. The lowest BCUT2D eigenvalue weighted by Gasteiger charge is -2.36. The summed E-state index contributed by atoms with van der Waals surface area (Å²) in [7, 11) is -3.68. The van der Waals surface area contributed by atoms with Crippen molar-refractivity contribution in [2.45, 2.75) is 36.2 Å². The molecular weight excluding hydrogens is 441 g/mol. The van der Waals surface area contributed by atoms with Gasteiger partial charge in [-0.25, -0.2) is 17.5 Å². The molecule has 6 nitrogen and oxygen atoms in total. The highest BCUT2D eigenvalue weighted by Crippen LogP contribution is 2.26. The van der Waals surface area contributed by atoms with Gasteiger partial charge in [0, 0.05) is 53.7 Å². The maximum Gasteiger partial charge on any atom is 0.241 e. The summed E-state index contributed by atoms with van der Waals surface area (Å²) >= 11 is 0. The lowest BCUT2D eigenvalue weighted by Crippen LogP contribution is -2.49. The maximum absolute atomic E-state index is 14.0. The Morgan fingerprint density at radius 1 is 1.09 bits per heavy atom. The summed E-state index contributed by atoms with van der Waals surface area (Å²) in [5.41, 5.74) is 1.81. The smallest absolute Gasteiger partial charge is 0.241 e. The minimum atomic E-state index is -3.68. The normalized spacial score (nSPS) is 17.0. The van der Waals surface area contributed by atoms with E-state index in [0.717, 1.165) is 21.9 Å².